The fraction of sp³-hybridized carbons (Fsp3) is 0.889. The van der Waals surface area contributed by atoms with Crippen molar-refractivity contribution in [1.29, 1.82) is 0 Å². The first kappa shape index (κ1) is 11.3. The van der Waals surface area contributed by atoms with Crippen LogP contribution in [0.15, 0.2) is 0 Å². The van der Waals surface area contributed by atoms with Crippen molar-refractivity contribution in [3.8, 4) is 0 Å². The Bertz CT molecular complexity index is 187. The van der Waals surface area contributed by atoms with E-state index in [9.17, 15) is 4.79 Å². The van der Waals surface area contributed by atoms with Gasteiger partial charge in [0.25, 0.3) is 0 Å². The molecule has 82 valence electrons. The van der Waals surface area contributed by atoms with Gasteiger partial charge in [0.1, 0.15) is 0 Å². The number of carbonyl (C=O) groups excluding carboxylic acids is 1. The number of hydrogen-bond donors (Lipinski definition) is 2. The average molecular weight is 201 g/mol. The normalized spacial score (nSPS) is 23.1. The first-order chi connectivity index (χ1) is 6.72. The van der Waals surface area contributed by atoms with Gasteiger partial charge in [0.2, 0.25) is 0 Å². The Morgan fingerprint density at radius 3 is 3.00 bits per heavy atom. The number of urea groups is 1. The molecule has 1 aliphatic heterocycles. The number of ether oxygens (including phenoxy) is 1. The van der Waals surface area contributed by atoms with Crippen molar-refractivity contribution in [3.63, 3.8) is 0 Å². The molecule has 0 spiro atoms. The second-order valence-electron chi connectivity index (χ2n) is 3.50. The molecule has 0 aliphatic carbocycles. The van der Waals surface area contributed by atoms with Crippen molar-refractivity contribution in [1.82, 2.24) is 15.5 Å². The molecule has 5 heteroatoms. The second kappa shape index (κ2) is 5.82. The number of hydrogen-bond acceptors (Lipinski definition) is 3. The zero-order valence-electron chi connectivity index (χ0n) is 8.88. The van der Waals surface area contributed by atoms with Crippen molar-refractivity contribution in [2.45, 2.75) is 13.0 Å². The summed E-state index contributed by atoms with van der Waals surface area (Å²) in [5.41, 5.74) is 0. The van der Waals surface area contributed by atoms with Crippen LogP contribution >= 0.6 is 0 Å². The predicted molar refractivity (Wildman–Crippen MR) is 54.3 cm³/mol. The molecule has 1 aliphatic rings. The Labute approximate surface area is 84.8 Å². The predicted octanol–water partition coefficient (Wildman–Crippen LogP) is -0.364. The van der Waals surface area contributed by atoms with Crippen molar-refractivity contribution < 1.29 is 9.53 Å². The highest BCUT2D eigenvalue weighted by Gasteiger charge is 2.17. The van der Waals surface area contributed by atoms with Crippen LogP contribution in [0.4, 0.5) is 4.79 Å². The third-order valence-electron chi connectivity index (χ3n) is 2.17. The lowest BCUT2D eigenvalue weighted by molar-refractivity contribution is -0.0167. The summed E-state index contributed by atoms with van der Waals surface area (Å²) in [5, 5.41) is 5.45. The Morgan fingerprint density at radius 2 is 2.36 bits per heavy atom. The van der Waals surface area contributed by atoms with Gasteiger partial charge in [-0.25, -0.2) is 4.79 Å². The molecule has 1 saturated heterocycles. The molecule has 2 N–H and O–H groups in total. The highest BCUT2D eigenvalue weighted by molar-refractivity contribution is 5.73. The van der Waals surface area contributed by atoms with Gasteiger partial charge in [-0.05, 0) is 14.0 Å². The van der Waals surface area contributed by atoms with E-state index in [0.29, 0.717) is 13.1 Å². The third-order valence-corrected chi connectivity index (χ3v) is 2.17. The molecule has 0 bridgehead atoms. The van der Waals surface area contributed by atoms with E-state index in [0.717, 1.165) is 19.7 Å². The molecule has 14 heavy (non-hydrogen) atoms. The number of morpholine rings is 1. The molecular formula is C9H19N3O2. The van der Waals surface area contributed by atoms with Crippen molar-refractivity contribution in [2.75, 3.05) is 39.8 Å². The van der Waals surface area contributed by atoms with Crippen LogP contribution in [0.2, 0.25) is 0 Å². The van der Waals surface area contributed by atoms with Crippen molar-refractivity contribution >= 4 is 6.03 Å². The largest absolute Gasteiger partial charge is 0.374 e. The lowest BCUT2D eigenvalue weighted by Gasteiger charge is -2.30. The highest BCUT2D eigenvalue weighted by Crippen LogP contribution is 2.01. The van der Waals surface area contributed by atoms with Crippen LogP contribution in [0, 0.1) is 0 Å². The summed E-state index contributed by atoms with van der Waals surface area (Å²) in [6, 6.07) is -0.121. The molecule has 0 aromatic rings. The van der Waals surface area contributed by atoms with Crippen molar-refractivity contribution in [2.24, 2.45) is 0 Å². The Morgan fingerprint density at radius 1 is 1.57 bits per heavy atom. The van der Waals surface area contributed by atoms with Crippen LogP contribution in [-0.4, -0.2) is 56.9 Å². The van der Waals surface area contributed by atoms with E-state index in [-0.39, 0.29) is 12.1 Å². The first-order valence-electron chi connectivity index (χ1n) is 5.04. The molecule has 1 unspecified atom stereocenters. The highest BCUT2D eigenvalue weighted by atomic mass is 16.5. The van der Waals surface area contributed by atoms with Crippen LogP contribution in [0.3, 0.4) is 0 Å². The van der Waals surface area contributed by atoms with E-state index in [1.165, 1.54) is 0 Å². The number of carbonyl (C=O) groups is 1. The molecule has 1 atom stereocenters. The molecule has 1 heterocycles. The molecule has 1 rings (SSSR count). The monoisotopic (exact) mass is 201 g/mol. The molecule has 0 saturated carbocycles. The van der Waals surface area contributed by atoms with Crippen LogP contribution in [0.25, 0.3) is 0 Å². The zero-order valence-corrected chi connectivity index (χ0v) is 8.88. The third kappa shape index (κ3) is 3.93. The topological polar surface area (TPSA) is 53.6 Å². The van der Waals surface area contributed by atoms with Crippen LogP contribution in [-0.2, 0) is 4.74 Å². The zero-order chi connectivity index (χ0) is 10.4. The maximum absolute atomic E-state index is 11.1. The molecule has 0 aromatic carbocycles. The molecule has 1 fully saturated rings. The number of likely N-dealkylation sites (N-methyl/N-ethyl adjacent to an activating group) is 1. The summed E-state index contributed by atoms with van der Waals surface area (Å²) in [6.45, 7) is 5.72. The van der Waals surface area contributed by atoms with Crippen LogP contribution in [0.1, 0.15) is 6.92 Å². The minimum absolute atomic E-state index is 0.121. The van der Waals surface area contributed by atoms with Gasteiger partial charge in [0.15, 0.2) is 0 Å². The number of nitrogens with zero attached hydrogens (tertiary/aromatic N) is 1. The van der Waals surface area contributed by atoms with E-state index in [2.05, 4.69) is 22.6 Å². The molecular weight excluding hydrogens is 182 g/mol. The smallest absolute Gasteiger partial charge is 0.314 e. The quantitative estimate of drug-likeness (QED) is 0.655. The lowest BCUT2D eigenvalue weighted by Crippen LogP contribution is -2.47. The van der Waals surface area contributed by atoms with E-state index in [1.807, 2.05) is 6.92 Å². The van der Waals surface area contributed by atoms with Crippen molar-refractivity contribution in [3.05, 3.63) is 0 Å². The van der Waals surface area contributed by atoms with Crippen LogP contribution < -0.4 is 10.6 Å². The van der Waals surface area contributed by atoms with Gasteiger partial charge in [0.05, 0.1) is 12.7 Å². The second-order valence-corrected chi connectivity index (χ2v) is 3.50. The minimum Gasteiger partial charge on any atom is -0.374 e. The van der Waals surface area contributed by atoms with Gasteiger partial charge < -0.3 is 20.3 Å². The van der Waals surface area contributed by atoms with E-state index >= 15 is 0 Å². The number of amides is 2. The Kier molecular flexibility index (Phi) is 4.69. The van der Waals surface area contributed by atoms with Gasteiger partial charge in [0, 0.05) is 26.2 Å². The summed E-state index contributed by atoms with van der Waals surface area (Å²) < 4.78 is 5.49. The van der Waals surface area contributed by atoms with Gasteiger partial charge in [-0.3, -0.25) is 0 Å². The van der Waals surface area contributed by atoms with Gasteiger partial charge in [-0.15, -0.1) is 0 Å². The van der Waals surface area contributed by atoms with Crippen LogP contribution in [0.5, 0.6) is 0 Å². The van der Waals surface area contributed by atoms with E-state index in [4.69, 9.17) is 4.74 Å². The maximum atomic E-state index is 11.1. The summed E-state index contributed by atoms with van der Waals surface area (Å²) in [7, 11) is 2.06. The standard InChI is InChI=1S/C9H19N3O2/c1-3-10-9(13)11-6-8-7-12(2)4-5-14-8/h8H,3-7H2,1-2H3,(H2,10,11,13). The number of nitrogens with one attached hydrogen (secondary N) is 2. The molecule has 2 amide bonds. The summed E-state index contributed by atoms with van der Waals surface area (Å²) in [6.07, 6.45) is 0.122. The number of rotatable bonds is 3. The van der Waals surface area contributed by atoms with E-state index in [1.54, 1.807) is 0 Å². The maximum Gasteiger partial charge on any atom is 0.314 e. The summed E-state index contributed by atoms with van der Waals surface area (Å²) in [4.78, 5) is 13.3. The molecule has 0 aromatic heterocycles. The van der Waals surface area contributed by atoms with Gasteiger partial charge >= 0.3 is 6.03 Å². The van der Waals surface area contributed by atoms with E-state index < -0.39 is 0 Å². The van der Waals surface area contributed by atoms with Gasteiger partial charge in [-0.1, -0.05) is 0 Å². The minimum atomic E-state index is -0.121. The average Bonchev–Trinajstić information content (AvgIpc) is 2.15. The fourth-order valence-corrected chi connectivity index (χ4v) is 1.42. The summed E-state index contributed by atoms with van der Waals surface area (Å²) in [5.74, 6) is 0. The first-order valence-corrected chi connectivity index (χ1v) is 5.04. The SMILES string of the molecule is CCNC(=O)NCC1CN(C)CCO1. The summed E-state index contributed by atoms with van der Waals surface area (Å²) >= 11 is 0. The molecule has 0 radical (unpaired) electrons. The fourth-order valence-electron chi connectivity index (χ4n) is 1.42. The Balaban J connectivity index is 2.14. The molecule has 5 nitrogen and oxygen atoms in total. The Hall–Kier alpha value is -0.810. The van der Waals surface area contributed by atoms with Gasteiger partial charge in [-0.2, -0.15) is 0 Å². The lowest BCUT2D eigenvalue weighted by atomic mass is 10.3.